The Hall–Kier alpha value is -2.65. The van der Waals surface area contributed by atoms with E-state index in [1.807, 2.05) is 0 Å². The Morgan fingerprint density at radius 1 is 1.26 bits per heavy atom. The molecule has 1 spiro atoms. The first kappa shape index (κ1) is 17.7. The monoisotopic (exact) mass is 386 g/mol. The van der Waals surface area contributed by atoms with Crippen LogP contribution in [0.15, 0.2) is 12.1 Å². The number of hydrogen-bond donors (Lipinski definition) is 1. The quantitative estimate of drug-likeness (QED) is 0.859. The zero-order valence-electron chi connectivity index (χ0n) is 14.2. The van der Waals surface area contributed by atoms with Gasteiger partial charge in [-0.1, -0.05) is 0 Å². The minimum atomic E-state index is -1.09. The summed E-state index contributed by atoms with van der Waals surface area (Å²) in [5.74, 6) is -3.82. The van der Waals surface area contributed by atoms with E-state index in [9.17, 15) is 22.8 Å². The predicted molar refractivity (Wildman–Crippen MR) is 83.6 cm³/mol. The van der Waals surface area contributed by atoms with Crippen molar-refractivity contribution in [3.05, 3.63) is 29.6 Å². The molecular weight excluding hydrogens is 369 g/mol. The molecule has 0 radical (unpaired) electrons. The lowest BCUT2D eigenvalue weighted by Gasteiger charge is -2.46. The van der Waals surface area contributed by atoms with Crippen molar-refractivity contribution in [2.24, 2.45) is 5.92 Å². The van der Waals surface area contributed by atoms with Gasteiger partial charge < -0.3 is 24.4 Å². The van der Waals surface area contributed by atoms with Crippen LogP contribution in [-0.4, -0.2) is 55.0 Å². The van der Waals surface area contributed by atoms with E-state index in [2.05, 4.69) is 5.32 Å². The van der Waals surface area contributed by atoms with Gasteiger partial charge in [0.15, 0.2) is 17.4 Å². The Kier molecular flexibility index (Phi) is 4.27. The number of carbonyl (C=O) groups excluding carboxylic acids is 2. The number of amides is 2. The third-order valence-corrected chi connectivity index (χ3v) is 4.98. The lowest BCUT2D eigenvalue weighted by Crippen LogP contribution is -2.70. The summed E-state index contributed by atoms with van der Waals surface area (Å²) in [6.45, 7) is 0.943. The molecule has 1 aliphatic carbocycles. The maximum atomic E-state index is 13.5. The van der Waals surface area contributed by atoms with Gasteiger partial charge in [0.05, 0.1) is 19.7 Å². The van der Waals surface area contributed by atoms with Crippen LogP contribution in [0.5, 0.6) is 5.75 Å². The zero-order valence-corrected chi connectivity index (χ0v) is 14.2. The second-order valence-corrected chi connectivity index (χ2v) is 7.19. The van der Waals surface area contributed by atoms with E-state index >= 15 is 0 Å². The van der Waals surface area contributed by atoms with E-state index in [0.29, 0.717) is 38.1 Å². The number of nitrogens with zero attached hydrogens (tertiary/aromatic N) is 1. The molecule has 10 heteroatoms. The summed E-state index contributed by atoms with van der Waals surface area (Å²) >= 11 is 0. The number of likely N-dealkylation sites (tertiary alicyclic amines) is 1. The number of cyclic esters (lactones) is 1. The average molecular weight is 386 g/mol. The molecule has 0 aromatic heterocycles. The van der Waals surface area contributed by atoms with Gasteiger partial charge in [0.25, 0.3) is 0 Å². The maximum absolute atomic E-state index is 13.5. The van der Waals surface area contributed by atoms with Gasteiger partial charge in [-0.25, -0.2) is 22.8 Å². The van der Waals surface area contributed by atoms with Gasteiger partial charge in [-0.05, 0) is 18.8 Å². The van der Waals surface area contributed by atoms with Crippen molar-refractivity contribution < 1.29 is 37.0 Å². The summed E-state index contributed by atoms with van der Waals surface area (Å²) in [5.41, 5.74) is -0.505. The standard InChI is InChI=1S/C17H17F3N2O5/c18-10-3-12(19)14(13(20)4-10)25-5-9-1-11(2-9)27-16(24)22-6-17(7-22)8-26-15(23)21-17/h3-4,9,11H,1-2,5-8H2,(H,21,23)/t9-,11+. The van der Waals surface area contributed by atoms with E-state index in [4.69, 9.17) is 14.2 Å². The molecule has 27 heavy (non-hydrogen) atoms. The summed E-state index contributed by atoms with van der Waals surface area (Å²) in [7, 11) is 0. The fourth-order valence-electron chi connectivity index (χ4n) is 3.47. The number of carbonyl (C=O) groups is 2. The van der Waals surface area contributed by atoms with E-state index < -0.39 is 40.9 Å². The second kappa shape index (κ2) is 6.50. The molecule has 2 amide bonds. The Bertz CT molecular complexity index is 755. The smallest absolute Gasteiger partial charge is 0.410 e. The zero-order chi connectivity index (χ0) is 19.2. The minimum absolute atomic E-state index is 0.0168. The van der Waals surface area contributed by atoms with Crippen LogP contribution >= 0.6 is 0 Å². The molecule has 3 aliphatic rings. The summed E-state index contributed by atoms with van der Waals surface area (Å²) in [5, 5.41) is 2.67. The molecule has 146 valence electrons. The molecule has 0 unspecified atom stereocenters. The lowest BCUT2D eigenvalue weighted by molar-refractivity contribution is -0.0362. The van der Waals surface area contributed by atoms with E-state index in [1.54, 1.807) is 0 Å². The molecule has 2 heterocycles. The van der Waals surface area contributed by atoms with Gasteiger partial charge in [-0.15, -0.1) is 0 Å². The summed E-state index contributed by atoms with van der Waals surface area (Å²) in [6.07, 6.45) is -0.232. The number of rotatable bonds is 4. The van der Waals surface area contributed by atoms with Crippen molar-refractivity contribution in [2.45, 2.75) is 24.5 Å². The largest absolute Gasteiger partial charge is 0.487 e. The van der Waals surface area contributed by atoms with Crippen LogP contribution in [0.3, 0.4) is 0 Å². The van der Waals surface area contributed by atoms with Crippen molar-refractivity contribution in [3.63, 3.8) is 0 Å². The number of benzene rings is 1. The lowest BCUT2D eigenvalue weighted by atomic mass is 9.83. The predicted octanol–water partition coefficient (Wildman–Crippen LogP) is 2.19. The normalized spacial score (nSPS) is 25.3. The summed E-state index contributed by atoms with van der Waals surface area (Å²) in [6, 6.07) is 1.11. The fraction of sp³-hybridized carbons (Fsp3) is 0.529. The highest BCUT2D eigenvalue weighted by Gasteiger charge is 2.52. The van der Waals surface area contributed by atoms with Gasteiger partial charge >= 0.3 is 12.2 Å². The Balaban J connectivity index is 1.18. The number of ether oxygens (including phenoxy) is 3. The highest BCUT2D eigenvalue weighted by Crippen LogP contribution is 2.33. The Labute approximate surface area is 152 Å². The van der Waals surface area contributed by atoms with Crippen LogP contribution in [0, 0.1) is 23.4 Å². The van der Waals surface area contributed by atoms with Crippen LogP contribution in [0.2, 0.25) is 0 Å². The van der Waals surface area contributed by atoms with Crippen LogP contribution in [0.4, 0.5) is 22.8 Å². The van der Waals surface area contributed by atoms with Crippen LogP contribution in [0.1, 0.15) is 12.8 Å². The van der Waals surface area contributed by atoms with Gasteiger partial charge in [-0.2, -0.15) is 0 Å². The number of nitrogens with one attached hydrogen (secondary N) is 1. The highest BCUT2D eigenvalue weighted by atomic mass is 19.1. The van der Waals surface area contributed by atoms with Gasteiger partial charge in [0.2, 0.25) is 0 Å². The van der Waals surface area contributed by atoms with Crippen molar-refractivity contribution >= 4 is 12.2 Å². The average Bonchev–Trinajstić information content (AvgIpc) is 2.91. The van der Waals surface area contributed by atoms with Crippen LogP contribution in [0.25, 0.3) is 0 Å². The Morgan fingerprint density at radius 2 is 1.93 bits per heavy atom. The van der Waals surface area contributed by atoms with E-state index in [1.165, 1.54) is 4.90 Å². The molecule has 1 N–H and O–H groups in total. The van der Waals surface area contributed by atoms with Gasteiger partial charge in [-0.3, -0.25) is 0 Å². The van der Waals surface area contributed by atoms with Crippen molar-refractivity contribution in [2.75, 3.05) is 26.3 Å². The third kappa shape index (κ3) is 3.47. The second-order valence-electron chi connectivity index (χ2n) is 7.19. The number of halogens is 3. The molecular formula is C17H17F3N2O5. The topological polar surface area (TPSA) is 77.1 Å². The first-order valence-electron chi connectivity index (χ1n) is 8.51. The molecule has 1 aromatic rings. The summed E-state index contributed by atoms with van der Waals surface area (Å²) < 4.78 is 55.2. The fourth-order valence-corrected chi connectivity index (χ4v) is 3.47. The minimum Gasteiger partial charge on any atom is -0.487 e. The first-order chi connectivity index (χ1) is 12.8. The first-order valence-corrected chi connectivity index (χ1v) is 8.51. The highest BCUT2D eigenvalue weighted by molar-refractivity contribution is 5.74. The third-order valence-electron chi connectivity index (χ3n) is 4.98. The van der Waals surface area contributed by atoms with Crippen molar-refractivity contribution in [3.8, 4) is 5.75 Å². The molecule has 3 fully saturated rings. The van der Waals surface area contributed by atoms with E-state index in [-0.39, 0.29) is 25.2 Å². The SMILES string of the molecule is O=C1NC2(CO1)CN(C(=O)O[C@H]1C[C@@H](COc3c(F)cc(F)cc3F)C1)C2. The number of hydrogen-bond acceptors (Lipinski definition) is 5. The van der Waals surface area contributed by atoms with Crippen molar-refractivity contribution in [1.29, 1.82) is 0 Å². The maximum Gasteiger partial charge on any atom is 0.410 e. The molecule has 0 bridgehead atoms. The van der Waals surface area contributed by atoms with Crippen LogP contribution < -0.4 is 10.1 Å². The molecule has 4 rings (SSSR count). The molecule has 7 nitrogen and oxygen atoms in total. The van der Waals surface area contributed by atoms with Crippen LogP contribution in [-0.2, 0) is 9.47 Å². The molecule has 1 aromatic carbocycles. The van der Waals surface area contributed by atoms with Crippen molar-refractivity contribution in [1.82, 2.24) is 10.2 Å². The molecule has 2 saturated heterocycles. The van der Waals surface area contributed by atoms with E-state index in [0.717, 1.165) is 0 Å². The molecule has 2 aliphatic heterocycles. The molecule has 1 saturated carbocycles. The Morgan fingerprint density at radius 3 is 2.52 bits per heavy atom. The summed E-state index contributed by atoms with van der Waals surface area (Å²) in [4.78, 5) is 24.6. The molecule has 0 atom stereocenters. The van der Waals surface area contributed by atoms with Gasteiger partial charge in [0.1, 0.15) is 24.1 Å². The van der Waals surface area contributed by atoms with Gasteiger partial charge in [0, 0.05) is 12.1 Å². The number of alkyl carbamates (subject to hydrolysis) is 1.